The maximum atomic E-state index is 13.2. The number of hydrogen-bond donors (Lipinski definition) is 0. The second kappa shape index (κ2) is 8.86. The summed E-state index contributed by atoms with van der Waals surface area (Å²) in [5.41, 5.74) is 4.49. The molecule has 0 spiro atoms. The van der Waals surface area contributed by atoms with E-state index in [4.69, 9.17) is 9.47 Å². The summed E-state index contributed by atoms with van der Waals surface area (Å²) in [6, 6.07) is 12.4. The summed E-state index contributed by atoms with van der Waals surface area (Å²) in [5, 5.41) is 9.06. The lowest BCUT2D eigenvalue weighted by atomic mass is 10.0. The van der Waals surface area contributed by atoms with Gasteiger partial charge >= 0.3 is 0 Å². The van der Waals surface area contributed by atoms with Gasteiger partial charge in [-0.15, -0.1) is 10.2 Å². The smallest absolute Gasteiger partial charge is 0.233 e. The first-order valence-electron chi connectivity index (χ1n) is 10.9. The van der Waals surface area contributed by atoms with E-state index in [1.54, 1.807) is 6.33 Å². The molecule has 1 unspecified atom stereocenters. The van der Waals surface area contributed by atoms with E-state index in [9.17, 15) is 4.79 Å². The van der Waals surface area contributed by atoms with Gasteiger partial charge in [-0.25, -0.2) is 0 Å². The molecule has 3 aromatic rings. The molecule has 8 heteroatoms. The molecular weight excluding hydrogens is 424 g/mol. The number of hydrogen-bond acceptors (Lipinski definition) is 6. The predicted molar refractivity (Wildman–Crippen MR) is 123 cm³/mol. The molecule has 2 aliphatic rings. The molecule has 166 valence electrons. The predicted octanol–water partition coefficient (Wildman–Crippen LogP) is 4.11. The quantitative estimate of drug-likeness (QED) is 0.545. The number of fused-ring (bicyclic) bond motifs is 1. The van der Waals surface area contributed by atoms with Gasteiger partial charge in [0.2, 0.25) is 5.91 Å². The van der Waals surface area contributed by atoms with Gasteiger partial charge in [0.25, 0.3) is 0 Å². The summed E-state index contributed by atoms with van der Waals surface area (Å²) in [6.07, 6.45) is 3.65. The van der Waals surface area contributed by atoms with Crippen molar-refractivity contribution in [3.05, 3.63) is 59.4 Å². The minimum absolute atomic E-state index is 0.0659. The van der Waals surface area contributed by atoms with Gasteiger partial charge < -0.3 is 14.4 Å². The second-order valence-electron chi connectivity index (χ2n) is 8.21. The summed E-state index contributed by atoms with van der Waals surface area (Å²) < 4.78 is 13.3. The molecule has 1 fully saturated rings. The molecule has 2 aliphatic heterocycles. The van der Waals surface area contributed by atoms with Gasteiger partial charge in [-0.2, -0.15) is 0 Å². The van der Waals surface area contributed by atoms with E-state index in [-0.39, 0.29) is 11.9 Å². The fraction of sp³-hybridized carbons (Fsp3) is 0.375. The average Bonchev–Trinajstić information content (AvgIpc) is 3.47. The SMILES string of the molecule is Cc1ccc(-n2cnnc2SCC(=O)N2CCCC2c2ccc3c(c2)OCCO3)c(C)c1. The summed E-state index contributed by atoms with van der Waals surface area (Å²) in [6.45, 7) is 6.05. The van der Waals surface area contributed by atoms with Crippen molar-refractivity contribution >= 4 is 17.7 Å². The summed E-state index contributed by atoms with van der Waals surface area (Å²) in [5.74, 6) is 1.98. The van der Waals surface area contributed by atoms with Gasteiger partial charge in [-0.05, 0) is 56.0 Å². The van der Waals surface area contributed by atoms with Gasteiger partial charge in [0, 0.05) is 6.54 Å². The van der Waals surface area contributed by atoms with E-state index in [2.05, 4.69) is 42.2 Å². The summed E-state index contributed by atoms with van der Waals surface area (Å²) >= 11 is 1.43. The molecule has 1 amide bonds. The van der Waals surface area contributed by atoms with Crippen LogP contribution in [0.5, 0.6) is 11.5 Å². The Morgan fingerprint density at radius 3 is 2.81 bits per heavy atom. The van der Waals surface area contributed by atoms with Crippen LogP contribution >= 0.6 is 11.8 Å². The van der Waals surface area contributed by atoms with Crippen molar-refractivity contribution in [1.29, 1.82) is 0 Å². The molecule has 0 aliphatic carbocycles. The Labute approximate surface area is 191 Å². The van der Waals surface area contributed by atoms with Crippen LogP contribution in [0.2, 0.25) is 0 Å². The largest absolute Gasteiger partial charge is 0.486 e. The number of carbonyl (C=O) groups is 1. The van der Waals surface area contributed by atoms with E-state index in [1.807, 2.05) is 27.7 Å². The first-order valence-corrected chi connectivity index (χ1v) is 11.9. The minimum atomic E-state index is 0.0659. The highest BCUT2D eigenvalue weighted by Gasteiger charge is 2.31. The van der Waals surface area contributed by atoms with E-state index in [0.717, 1.165) is 52.9 Å². The van der Waals surface area contributed by atoms with E-state index in [1.165, 1.54) is 17.3 Å². The number of benzene rings is 2. The third-order valence-corrected chi connectivity index (χ3v) is 6.91. The van der Waals surface area contributed by atoms with Gasteiger partial charge in [0.1, 0.15) is 19.5 Å². The molecule has 0 bridgehead atoms. The first kappa shape index (κ1) is 20.9. The van der Waals surface area contributed by atoms with Gasteiger partial charge in [0.05, 0.1) is 17.5 Å². The zero-order valence-corrected chi connectivity index (χ0v) is 19.1. The van der Waals surface area contributed by atoms with Crippen LogP contribution in [0.25, 0.3) is 5.69 Å². The number of ether oxygens (including phenoxy) is 2. The molecule has 1 saturated heterocycles. The molecule has 1 aromatic heterocycles. The normalized spacial score (nSPS) is 17.6. The van der Waals surface area contributed by atoms with Gasteiger partial charge in [-0.3, -0.25) is 9.36 Å². The zero-order valence-electron chi connectivity index (χ0n) is 18.3. The molecule has 0 saturated carbocycles. The molecule has 0 N–H and O–H groups in total. The molecule has 2 aromatic carbocycles. The van der Waals surface area contributed by atoms with Crippen LogP contribution < -0.4 is 9.47 Å². The van der Waals surface area contributed by atoms with Crippen LogP contribution in [0.1, 0.15) is 35.6 Å². The number of likely N-dealkylation sites (tertiary alicyclic amines) is 1. The number of aryl methyl sites for hydroxylation is 2. The Morgan fingerprint density at radius 2 is 1.97 bits per heavy atom. The lowest BCUT2D eigenvalue weighted by Gasteiger charge is -2.26. The number of amides is 1. The topological polar surface area (TPSA) is 69.5 Å². The van der Waals surface area contributed by atoms with E-state index >= 15 is 0 Å². The highest BCUT2D eigenvalue weighted by atomic mass is 32.2. The van der Waals surface area contributed by atoms with Crippen molar-refractivity contribution in [1.82, 2.24) is 19.7 Å². The zero-order chi connectivity index (χ0) is 22.1. The lowest BCUT2D eigenvalue weighted by molar-refractivity contribution is -0.129. The number of rotatable bonds is 5. The van der Waals surface area contributed by atoms with Crippen LogP contribution in [0.15, 0.2) is 47.9 Å². The third kappa shape index (κ3) is 4.07. The Bertz CT molecular complexity index is 1150. The van der Waals surface area contributed by atoms with Crippen LogP contribution in [0.4, 0.5) is 0 Å². The number of aromatic nitrogens is 3. The summed E-state index contributed by atoms with van der Waals surface area (Å²) in [4.78, 5) is 15.1. The standard InChI is InChI=1S/C24H26N4O3S/c1-16-5-7-19(17(2)12-16)28-15-25-26-24(28)32-14-23(29)27-9-3-4-20(27)18-6-8-21-22(13-18)31-11-10-30-21/h5-8,12-13,15,20H,3-4,9-11,14H2,1-2H3. The van der Waals surface area contributed by atoms with Crippen molar-refractivity contribution in [2.45, 2.75) is 37.9 Å². The monoisotopic (exact) mass is 450 g/mol. The maximum absolute atomic E-state index is 13.2. The van der Waals surface area contributed by atoms with Crippen molar-refractivity contribution in [2.24, 2.45) is 0 Å². The van der Waals surface area contributed by atoms with Gasteiger partial charge in [-0.1, -0.05) is 35.5 Å². The summed E-state index contributed by atoms with van der Waals surface area (Å²) in [7, 11) is 0. The molecule has 7 nitrogen and oxygen atoms in total. The second-order valence-corrected chi connectivity index (χ2v) is 9.15. The number of nitrogens with zero attached hydrogens (tertiary/aromatic N) is 4. The van der Waals surface area contributed by atoms with Crippen LogP contribution in [0, 0.1) is 13.8 Å². The van der Waals surface area contributed by atoms with Crippen LogP contribution in [-0.4, -0.2) is 51.1 Å². The Kier molecular flexibility index (Phi) is 5.78. The molecule has 0 radical (unpaired) electrons. The maximum Gasteiger partial charge on any atom is 0.233 e. The van der Waals surface area contributed by atoms with Crippen molar-refractivity contribution in [3.8, 4) is 17.2 Å². The van der Waals surface area contributed by atoms with Crippen molar-refractivity contribution in [2.75, 3.05) is 25.5 Å². The van der Waals surface area contributed by atoms with Crippen molar-refractivity contribution in [3.63, 3.8) is 0 Å². The Balaban J connectivity index is 1.29. The highest BCUT2D eigenvalue weighted by molar-refractivity contribution is 7.99. The molecule has 1 atom stereocenters. The fourth-order valence-electron chi connectivity index (χ4n) is 4.45. The van der Waals surface area contributed by atoms with Crippen molar-refractivity contribution < 1.29 is 14.3 Å². The van der Waals surface area contributed by atoms with Crippen LogP contribution in [0.3, 0.4) is 0 Å². The van der Waals surface area contributed by atoms with E-state index in [0.29, 0.717) is 19.0 Å². The Hall–Kier alpha value is -3.00. The Morgan fingerprint density at radius 1 is 1.12 bits per heavy atom. The fourth-order valence-corrected chi connectivity index (χ4v) is 5.26. The van der Waals surface area contributed by atoms with Crippen LogP contribution in [-0.2, 0) is 4.79 Å². The molecule has 32 heavy (non-hydrogen) atoms. The first-order chi connectivity index (χ1) is 15.6. The number of carbonyl (C=O) groups excluding carboxylic acids is 1. The number of thioether (sulfide) groups is 1. The lowest BCUT2D eigenvalue weighted by Crippen LogP contribution is -2.32. The molecule has 5 rings (SSSR count). The minimum Gasteiger partial charge on any atom is -0.486 e. The molecular formula is C24H26N4O3S. The van der Waals surface area contributed by atoms with E-state index < -0.39 is 0 Å². The highest BCUT2D eigenvalue weighted by Crippen LogP contribution is 2.38. The van der Waals surface area contributed by atoms with Gasteiger partial charge in [0.15, 0.2) is 16.7 Å². The molecule has 3 heterocycles. The average molecular weight is 451 g/mol. The third-order valence-electron chi connectivity index (χ3n) is 5.98.